The van der Waals surface area contributed by atoms with Gasteiger partial charge in [-0.3, -0.25) is 4.79 Å². The number of hydrogen-bond acceptors (Lipinski definition) is 4. The van der Waals surface area contributed by atoms with Gasteiger partial charge in [-0.05, 0) is 55.5 Å². The lowest BCUT2D eigenvalue weighted by molar-refractivity contribution is -0.122. The third-order valence-electron chi connectivity index (χ3n) is 3.97. The molecule has 1 heterocycles. The number of ether oxygens (including phenoxy) is 2. The van der Waals surface area contributed by atoms with Crippen LogP contribution in [0, 0.1) is 0 Å². The summed E-state index contributed by atoms with van der Waals surface area (Å²) in [4.78, 5) is 16.3. The van der Waals surface area contributed by atoms with Gasteiger partial charge in [-0.25, -0.2) is 4.98 Å². The second-order valence-electron chi connectivity index (χ2n) is 5.62. The SMILES string of the molecule is COc1ccc(NC(=O)[C@@H](C)Oc2ccc3c(c2)CCC3)cn1. The largest absolute Gasteiger partial charge is 0.481 e. The van der Waals surface area contributed by atoms with Gasteiger partial charge >= 0.3 is 0 Å². The molecule has 0 fully saturated rings. The van der Waals surface area contributed by atoms with Gasteiger partial charge in [0.15, 0.2) is 6.10 Å². The van der Waals surface area contributed by atoms with Crippen LogP contribution in [0.1, 0.15) is 24.5 Å². The lowest BCUT2D eigenvalue weighted by Gasteiger charge is -2.15. The minimum absolute atomic E-state index is 0.211. The molecule has 1 amide bonds. The van der Waals surface area contributed by atoms with Crippen LogP contribution in [0.15, 0.2) is 36.5 Å². The van der Waals surface area contributed by atoms with Crippen LogP contribution in [0.5, 0.6) is 11.6 Å². The molecule has 0 bridgehead atoms. The van der Waals surface area contributed by atoms with E-state index < -0.39 is 6.10 Å². The molecule has 1 atom stereocenters. The van der Waals surface area contributed by atoms with Crippen molar-refractivity contribution >= 4 is 11.6 Å². The highest BCUT2D eigenvalue weighted by Crippen LogP contribution is 2.26. The fraction of sp³-hybridized carbons (Fsp3) is 0.333. The number of anilines is 1. The first-order chi connectivity index (χ1) is 11.2. The van der Waals surface area contributed by atoms with E-state index in [4.69, 9.17) is 9.47 Å². The lowest BCUT2D eigenvalue weighted by Crippen LogP contribution is -2.30. The zero-order chi connectivity index (χ0) is 16.2. The average Bonchev–Trinajstić information content (AvgIpc) is 3.03. The minimum Gasteiger partial charge on any atom is -0.481 e. The molecule has 1 aliphatic carbocycles. The number of pyridine rings is 1. The summed E-state index contributed by atoms with van der Waals surface area (Å²) in [5.74, 6) is 1.03. The number of amides is 1. The summed E-state index contributed by atoms with van der Waals surface area (Å²) in [5, 5.41) is 2.78. The first kappa shape index (κ1) is 15.3. The molecule has 5 nitrogen and oxygen atoms in total. The number of fused-ring (bicyclic) bond motifs is 1. The van der Waals surface area contributed by atoms with Crippen LogP contribution < -0.4 is 14.8 Å². The minimum atomic E-state index is -0.587. The van der Waals surface area contributed by atoms with E-state index in [0.29, 0.717) is 11.6 Å². The lowest BCUT2D eigenvalue weighted by atomic mass is 10.1. The van der Waals surface area contributed by atoms with Gasteiger partial charge in [0.2, 0.25) is 5.88 Å². The number of rotatable bonds is 5. The highest BCUT2D eigenvalue weighted by molar-refractivity contribution is 5.93. The molecule has 0 spiro atoms. The molecule has 3 rings (SSSR count). The van der Waals surface area contributed by atoms with E-state index in [1.54, 1.807) is 32.4 Å². The Morgan fingerprint density at radius 3 is 2.78 bits per heavy atom. The molecule has 23 heavy (non-hydrogen) atoms. The Hall–Kier alpha value is -2.56. The number of benzene rings is 1. The summed E-state index contributed by atoms with van der Waals surface area (Å²) in [5.41, 5.74) is 3.33. The molecule has 5 heteroatoms. The first-order valence-electron chi connectivity index (χ1n) is 7.75. The summed E-state index contributed by atoms with van der Waals surface area (Å²) in [7, 11) is 1.55. The fourth-order valence-electron chi connectivity index (χ4n) is 2.70. The van der Waals surface area contributed by atoms with Crippen LogP contribution in [0.2, 0.25) is 0 Å². The van der Waals surface area contributed by atoms with Gasteiger partial charge in [0.25, 0.3) is 5.91 Å². The number of carbonyl (C=O) groups excluding carboxylic acids is 1. The summed E-state index contributed by atoms with van der Waals surface area (Å²) in [6.45, 7) is 1.74. The van der Waals surface area contributed by atoms with Crippen LogP contribution in [-0.4, -0.2) is 24.1 Å². The van der Waals surface area contributed by atoms with Crippen LogP contribution in [-0.2, 0) is 17.6 Å². The maximum Gasteiger partial charge on any atom is 0.265 e. The zero-order valence-electron chi connectivity index (χ0n) is 13.3. The van der Waals surface area contributed by atoms with Gasteiger partial charge in [0.05, 0.1) is 19.0 Å². The topological polar surface area (TPSA) is 60.5 Å². The maximum atomic E-state index is 12.2. The molecule has 0 aliphatic heterocycles. The number of nitrogens with one attached hydrogen (secondary N) is 1. The van der Waals surface area contributed by atoms with Gasteiger partial charge in [0.1, 0.15) is 5.75 Å². The van der Waals surface area contributed by atoms with Crippen LogP contribution in [0.25, 0.3) is 0 Å². The van der Waals surface area contributed by atoms with Gasteiger partial charge in [-0.2, -0.15) is 0 Å². The summed E-state index contributed by atoms with van der Waals surface area (Å²) >= 11 is 0. The molecular formula is C18H20N2O3. The Kier molecular flexibility index (Phi) is 4.46. The van der Waals surface area contributed by atoms with E-state index in [-0.39, 0.29) is 5.91 Å². The van der Waals surface area contributed by atoms with Gasteiger partial charge in [-0.1, -0.05) is 6.07 Å². The van der Waals surface area contributed by atoms with Gasteiger partial charge in [0, 0.05) is 6.07 Å². The normalized spacial score (nSPS) is 14.0. The van der Waals surface area contributed by atoms with Crippen molar-refractivity contribution in [1.29, 1.82) is 0 Å². The van der Waals surface area contributed by atoms with Crippen molar-refractivity contribution in [2.24, 2.45) is 0 Å². The summed E-state index contributed by atoms with van der Waals surface area (Å²) < 4.78 is 10.7. The number of aromatic nitrogens is 1. The molecule has 2 aromatic rings. The molecule has 1 N–H and O–H groups in total. The number of methoxy groups -OCH3 is 1. The first-order valence-corrected chi connectivity index (χ1v) is 7.75. The van der Waals surface area contributed by atoms with Crippen molar-refractivity contribution in [2.45, 2.75) is 32.3 Å². The van der Waals surface area contributed by atoms with Gasteiger partial charge in [-0.15, -0.1) is 0 Å². The molecule has 1 aliphatic rings. The Labute approximate surface area is 135 Å². The molecule has 120 valence electrons. The Balaban J connectivity index is 1.60. The third kappa shape index (κ3) is 3.62. The summed E-state index contributed by atoms with van der Waals surface area (Å²) in [6.07, 6.45) is 4.38. The molecule has 1 aromatic heterocycles. The highest BCUT2D eigenvalue weighted by Gasteiger charge is 2.17. The van der Waals surface area contributed by atoms with E-state index in [1.807, 2.05) is 12.1 Å². The second kappa shape index (κ2) is 6.69. The van der Waals surface area contributed by atoms with E-state index in [1.165, 1.54) is 17.5 Å². The maximum absolute atomic E-state index is 12.2. The van der Waals surface area contributed by atoms with Crippen molar-refractivity contribution in [3.63, 3.8) is 0 Å². The predicted octanol–water partition coefficient (Wildman–Crippen LogP) is 2.98. The smallest absolute Gasteiger partial charge is 0.265 e. The van der Waals surface area contributed by atoms with Gasteiger partial charge < -0.3 is 14.8 Å². The van der Waals surface area contributed by atoms with E-state index in [9.17, 15) is 4.79 Å². The van der Waals surface area contributed by atoms with Crippen LogP contribution >= 0.6 is 0 Å². The van der Waals surface area contributed by atoms with Crippen molar-refractivity contribution in [3.05, 3.63) is 47.7 Å². The van der Waals surface area contributed by atoms with E-state index >= 15 is 0 Å². The quantitative estimate of drug-likeness (QED) is 0.922. The number of hydrogen-bond donors (Lipinski definition) is 1. The van der Waals surface area contributed by atoms with Crippen molar-refractivity contribution in [3.8, 4) is 11.6 Å². The number of carbonyl (C=O) groups is 1. The second-order valence-corrected chi connectivity index (χ2v) is 5.62. The van der Waals surface area contributed by atoms with Crippen LogP contribution in [0.4, 0.5) is 5.69 Å². The van der Waals surface area contributed by atoms with E-state index in [2.05, 4.69) is 16.4 Å². The molecule has 0 radical (unpaired) electrons. The number of nitrogens with zero attached hydrogens (tertiary/aromatic N) is 1. The Morgan fingerprint density at radius 2 is 2.04 bits per heavy atom. The van der Waals surface area contributed by atoms with Crippen molar-refractivity contribution < 1.29 is 14.3 Å². The monoisotopic (exact) mass is 312 g/mol. The fourth-order valence-corrected chi connectivity index (χ4v) is 2.70. The summed E-state index contributed by atoms with van der Waals surface area (Å²) in [6, 6.07) is 9.51. The molecule has 0 saturated heterocycles. The third-order valence-corrected chi connectivity index (χ3v) is 3.97. The van der Waals surface area contributed by atoms with E-state index in [0.717, 1.165) is 18.6 Å². The molecule has 1 aromatic carbocycles. The Bertz CT molecular complexity index is 698. The highest BCUT2D eigenvalue weighted by atomic mass is 16.5. The van der Waals surface area contributed by atoms with Crippen LogP contribution in [0.3, 0.4) is 0 Å². The number of aryl methyl sites for hydroxylation is 2. The zero-order valence-corrected chi connectivity index (χ0v) is 13.3. The average molecular weight is 312 g/mol. The molecule has 0 unspecified atom stereocenters. The van der Waals surface area contributed by atoms with Crippen molar-refractivity contribution in [1.82, 2.24) is 4.98 Å². The molecular weight excluding hydrogens is 292 g/mol. The molecule has 0 saturated carbocycles. The Morgan fingerprint density at radius 1 is 1.22 bits per heavy atom. The standard InChI is InChI=1S/C18H20N2O3/c1-12(18(21)20-15-7-9-17(22-2)19-11-15)23-16-8-6-13-4-3-5-14(13)10-16/h6-12H,3-5H2,1-2H3,(H,20,21)/t12-/m1/s1. The predicted molar refractivity (Wildman–Crippen MR) is 88.0 cm³/mol. The van der Waals surface area contributed by atoms with Crippen molar-refractivity contribution in [2.75, 3.05) is 12.4 Å².